The van der Waals surface area contributed by atoms with Gasteiger partial charge in [-0.25, -0.2) is 0 Å². The zero-order valence-electron chi connectivity index (χ0n) is 14.0. The van der Waals surface area contributed by atoms with E-state index in [1.807, 2.05) is 0 Å². The average molecular weight is 300 g/mol. The number of nitrogens with zero attached hydrogens (tertiary/aromatic N) is 2. The summed E-state index contributed by atoms with van der Waals surface area (Å²) in [6.07, 6.45) is 7.61. The Balaban J connectivity index is 1.84. The molecule has 0 fully saturated rings. The lowest BCUT2D eigenvalue weighted by Gasteiger charge is -2.16. The largest absolute Gasteiger partial charge is 0.378 e. The number of hydrogen-bond acceptors (Lipinski definition) is 2. The minimum absolute atomic E-state index is 0.497. The van der Waals surface area contributed by atoms with Crippen LogP contribution in [0.2, 0.25) is 0 Å². The van der Waals surface area contributed by atoms with Gasteiger partial charge in [-0.3, -0.25) is 4.99 Å². The van der Waals surface area contributed by atoms with Crippen molar-refractivity contribution in [3.8, 4) is 0 Å². The van der Waals surface area contributed by atoms with Gasteiger partial charge in [-0.15, -0.1) is 0 Å². The number of guanidine groups is 1. The van der Waals surface area contributed by atoms with Gasteiger partial charge in [-0.1, -0.05) is 24.3 Å². The fourth-order valence-corrected chi connectivity index (χ4v) is 2.51. The summed E-state index contributed by atoms with van der Waals surface area (Å²) in [6.45, 7) is 3.80. The third-order valence-electron chi connectivity index (χ3n) is 3.82. The summed E-state index contributed by atoms with van der Waals surface area (Å²) in [5, 5.41) is 6.82. The highest BCUT2D eigenvalue weighted by Crippen LogP contribution is 2.12. The predicted molar refractivity (Wildman–Crippen MR) is 95.7 cm³/mol. The van der Waals surface area contributed by atoms with Gasteiger partial charge in [0.1, 0.15) is 0 Å². The maximum Gasteiger partial charge on any atom is 0.191 e. The molecule has 0 spiro atoms. The topological polar surface area (TPSA) is 39.7 Å². The lowest BCUT2D eigenvalue weighted by atomic mass is 10.1. The Labute approximate surface area is 134 Å². The zero-order valence-corrected chi connectivity index (χ0v) is 14.0. The molecule has 4 heteroatoms. The van der Waals surface area contributed by atoms with Gasteiger partial charge in [0.15, 0.2) is 5.96 Å². The Morgan fingerprint density at radius 2 is 1.86 bits per heavy atom. The number of aliphatic imine (C=N–C) groups is 1. The van der Waals surface area contributed by atoms with Crippen molar-refractivity contribution < 1.29 is 0 Å². The maximum atomic E-state index is 4.69. The summed E-state index contributed by atoms with van der Waals surface area (Å²) in [5.41, 5.74) is 2.56. The molecule has 0 aliphatic heterocycles. The smallest absolute Gasteiger partial charge is 0.191 e. The van der Waals surface area contributed by atoms with E-state index in [4.69, 9.17) is 0 Å². The number of benzene rings is 1. The molecule has 1 aromatic rings. The molecule has 0 saturated heterocycles. The molecule has 0 radical (unpaired) electrons. The van der Waals surface area contributed by atoms with Crippen molar-refractivity contribution in [2.75, 3.05) is 32.1 Å². The Morgan fingerprint density at radius 1 is 1.18 bits per heavy atom. The quantitative estimate of drug-likeness (QED) is 0.482. The molecule has 0 amide bonds. The minimum Gasteiger partial charge on any atom is -0.378 e. The molecule has 1 aliphatic carbocycles. The highest BCUT2D eigenvalue weighted by Gasteiger charge is 2.11. The number of hydrogen-bond donors (Lipinski definition) is 2. The number of nitrogens with one attached hydrogen (secondary N) is 2. The SMILES string of the molecule is CCNC(=NCCc1ccc(N(C)C)cc1)NC1CC=CC1. The van der Waals surface area contributed by atoms with Crippen molar-refractivity contribution in [3.05, 3.63) is 42.0 Å². The van der Waals surface area contributed by atoms with Crippen LogP contribution in [0, 0.1) is 0 Å². The lowest BCUT2D eigenvalue weighted by Crippen LogP contribution is -2.42. The highest BCUT2D eigenvalue weighted by molar-refractivity contribution is 5.80. The lowest BCUT2D eigenvalue weighted by molar-refractivity contribution is 0.633. The maximum absolute atomic E-state index is 4.69. The van der Waals surface area contributed by atoms with E-state index in [1.165, 1.54) is 11.3 Å². The van der Waals surface area contributed by atoms with Crippen molar-refractivity contribution in [2.45, 2.75) is 32.2 Å². The van der Waals surface area contributed by atoms with Gasteiger partial charge in [-0.2, -0.15) is 0 Å². The van der Waals surface area contributed by atoms with Crippen LogP contribution in [0.3, 0.4) is 0 Å². The summed E-state index contributed by atoms with van der Waals surface area (Å²) in [7, 11) is 4.12. The van der Waals surface area contributed by atoms with Crippen molar-refractivity contribution in [2.24, 2.45) is 4.99 Å². The van der Waals surface area contributed by atoms with Gasteiger partial charge in [0.05, 0.1) is 0 Å². The second-order valence-electron chi connectivity index (χ2n) is 5.86. The molecule has 2 rings (SSSR count). The summed E-state index contributed by atoms with van der Waals surface area (Å²) in [6, 6.07) is 9.19. The van der Waals surface area contributed by atoms with E-state index in [1.54, 1.807) is 0 Å². The first kappa shape index (κ1) is 16.4. The number of anilines is 1. The molecule has 2 N–H and O–H groups in total. The van der Waals surface area contributed by atoms with E-state index in [2.05, 4.69) is 78.0 Å². The second-order valence-corrected chi connectivity index (χ2v) is 5.86. The fraction of sp³-hybridized carbons (Fsp3) is 0.500. The van der Waals surface area contributed by atoms with Crippen molar-refractivity contribution in [1.82, 2.24) is 10.6 Å². The van der Waals surface area contributed by atoms with Gasteiger partial charge in [0, 0.05) is 38.9 Å². The monoisotopic (exact) mass is 300 g/mol. The normalized spacial score (nSPS) is 15.1. The van der Waals surface area contributed by atoms with E-state index in [0.717, 1.165) is 38.3 Å². The molecule has 0 aromatic heterocycles. The first-order chi connectivity index (χ1) is 10.7. The summed E-state index contributed by atoms with van der Waals surface area (Å²) < 4.78 is 0. The Hall–Kier alpha value is -1.97. The minimum atomic E-state index is 0.497. The molecule has 4 nitrogen and oxygen atoms in total. The molecule has 0 atom stereocenters. The Bertz CT molecular complexity index is 494. The Kier molecular flexibility index (Phi) is 6.31. The van der Waals surface area contributed by atoms with E-state index >= 15 is 0 Å². The highest BCUT2D eigenvalue weighted by atomic mass is 15.2. The van der Waals surface area contributed by atoms with E-state index in [-0.39, 0.29) is 0 Å². The van der Waals surface area contributed by atoms with Crippen LogP contribution < -0.4 is 15.5 Å². The van der Waals surface area contributed by atoms with Crippen LogP contribution in [0.25, 0.3) is 0 Å². The molecule has 0 saturated carbocycles. The van der Waals surface area contributed by atoms with Crippen LogP contribution in [-0.4, -0.2) is 39.2 Å². The molecular weight excluding hydrogens is 272 g/mol. The van der Waals surface area contributed by atoms with E-state index in [9.17, 15) is 0 Å². The van der Waals surface area contributed by atoms with Gasteiger partial charge < -0.3 is 15.5 Å². The standard InChI is InChI=1S/C18H28N4/c1-4-19-18(21-16-7-5-6-8-16)20-14-13-15-9-11-17(12-10-15)22(2)3/h5-6,9-12,16H,4,7-8,13-14H2,1-3H3,(H2,19,20,21). The van der Waals surface area contributed by atoms with Crippen LogP contribution in [0.4, 0.5) is 5.69 Å². The molecule has 0 heterocycles. The van der Waals surface area contributed by atoms with E-state index < -0.39 is 0 Å². The molecule has 1 aromatic carbocycles. The molecule has 0 unspecified atom stereocenters. The predicted octanol–water partition coefficient (Wildman–Crippen LogP) is 2.57. The van der Waals surface area contributed by atoms with Crippen LogP contribution in [0.5, 0.6) is 0 Å². The van der Waals surface area contributed by atoms with Crippen LogP contribution >= 0.6 is 0 Å². The summed E-state index contributed by atoms with van der Waals surface area (Å²) >= 11 is 0. The third-order valence-corrected chi connectivity index (χ3v) is 3.82. The van der Waals surface area contributed by atoms with Gasteiger partial charge in [0.25, 0.3) is 0 Å². The molecule has 1 aliphatic rings. The van der Waals surface area contributed by atoms with Crippen LogP contribution in [0.15, 0.2) is 41.4 Å². The molecule has 22 heavy (non-hydrogen) atoms. The number of rotatable bonds is 6. The van der Waals surface area contributed by atoms with Gasteiger partial charge in [0.2, 0.25) is 0 Å². The van der Waals surface area contributed by atoms with Crippen molar-refractivity contribution >= 4 is 11.6 Å². The molecular formula is C18H28N4. The van der Waals surface area contributed by atoms with Crippen LogP contribution in [0.1, 0.15) is 25.3 Å². The zero-order chi connectivity index (χ0) is 15.8. The third kappa shape index (κ3) is 5.10. The van der Waals surface area contributed by atoms with E-state index in [0.29, 0.717) is 6.04 Å². The summed E-state index contributed by atoms with van der Waals surface area (Å²) in [5.74, 6) is 0.932. The van der Waals surface area contributed by atoms with Gasteiger partial charge >= 0.3 is 0 Å². The van der Waals surface area contributed by atoms with Gasteiger partial charge in [-0.05, 0) is 43.9 Å². The van der Waals surface area contributed by atoms with Crippen LogP contribution in [-0.2, 0) is 6.42 Å². The van der Waals surface area contributed by atoms with Crippen molar-refractivity contribution in [1.29, 1.82) is 0 Å². The Morgan fingerprint density at radius 3 is 2.45 bits per heavy atom. The van der Waals surface area contributed by atoms with Crippen molar-refractivity contribution in [3.63, 3.8) is 0 Å². The molecule has 120 valence electrons. The average Bonchev–Trinajstić information content (AvgIpc) is 3.01. The first-order valence-electron chi connectivity index (χ1n) is 8.15. The summed E-state index contributed by atoms with van der Waals surface area (Å²) in [4.78, 5) is 6.80. The fourth-order valence-electron chi connectivity index (χ4n) is 2.51. The second kappa shape index (κ2) is 8.47. The first-order valence-corrected chi connectivity index (χ1v) is 8.15. The molecule has 0 bridgehead atoms.